The summed E-state index contributed by atoms with van der Waals surface area (Å²) in [4.78, 5) is 21.6. The molecule has 112 valence electrons. The molecule has 0 unspecified atom stereocenters. The van der Waals surface area contributed by atoms with Crippen molar-refractivity contribution in [2.45, 2.75) is 25.2 Å². The minimum absolute atomic E-state index is 0.267. The predicted molar refractivity (Wildman–Crippen MR) is 83.2 cm³/mol. The molecule has 0 aromatic carbocycles. The summed E-state index contributed by atoms with van der Waals surface area (Å²) in [5.74, 6) is 0.791. The minimum atomic E-state index is 0.267. The average Bonchev–Trinajstić information content (AvgIpc) is 2.97. The van der Waals surface area contributed by atoms with Gasteiger partial charge in [0.15, 0.2) is 0 Å². The zero-order valence-corrected chi connectivity index (χ0v) is 12.4. The highest BCUT2D eigenvalue weighted by Crippen LogP contribution is 2.32. The number of piperidine rings is 1. The lowest BCUT2D eigenvalue weighted by atomic mass is 9.89. The van der Waals surface area contributed by atoms with Gasteiger partial charge in [-0.2, -0.15) is 0 Å². The van der Waals surface area contributed by atoms with Crippen molar-refractivity contribution in [2.24, 2.45) is 0 Å². The van der Waals surface area contributed by atoms with E-state index in [-0.39, 0.29) is 5.91 Å². The summed E-state index contributed by atoms with van der Waals surface area (Å²) in [6.45, 7) is 2.48. The van der Waals surface area contributed by atoms with Crippen molar-refractivity contribution < 1.29 is 4.79 Å². The third kappa shape index (κ3) is 2.93. The predicted octanol–water partition coefficient (Wildman–Crippen LogP) is 1.88. The molecule has 0 atom stereocenters. The van der Waals surface area contributed by atoms with E-state index in [1.807, 2.05) is 24.2 Å². The molecule has 0 aliphatic carbocycles. The zero-order valence-electron chi connectivity index (χ0n) is 12.4. The van der Waals surface area contributed by atoms with Crippen molar-refractivity contribution >= 4 is 16.9 Å². The summed E-state index contributed by atoms with van der Waals surface area (Å²) in [6.07, 6.45) is 6.56. The fourth-order valence-electron chi connectivity index (χ4n) is 3.14. The fourth-order valence-corrected chi connectivity index (χ4v) is 3.14. The normalized spacial score (nSPS) is 16.5. The second-order valence-electron chi connectivity index (χ2n) is 5.65. The van der Waals surface area contributed by atoms with Crippen LogP contribution in [0, 0.1) is 0 Å². The SMILES string of the molecule is CNCCC(=O)N1CCC(c2c[nH]c3ncccc23)CC1. The standard InChI is InChI=1S/C16H22N4O/c1-17-8-4-15(21)20-9-5-12(6-10-20)14-11-19-16-13(14)3-2-7-18-16/h2-3,7,11-12,17H,4-6,8-10H2,1H3,(H,18,19). The first-order valence-corrected chi connectivity index (χ1v) is 7.64. The van der Waals surface area contributed by atoms with Crippen molar-refractivity contribution in [3.8, 4) is 0 Å². The monoisotopic (exact) mass is 286 g/mol. The van der Waals surface area contributed by atoms with E-state index < -0.39 is 0 Å². The molecule has 0 bridgehead atoms. The Kier molecular flexibility index (Phi) is 4.20. The van der Waals surface area contributed by atoms with Crippen molar-refractivity contribution in [3.63, 3.8) is 0 Å². The lowest BCUT2D eigenvalue weighted by molar-refractivity contribution is -0.132. The van der Waals surface area contributed by atoms with Crippen LogP contribution in [0.15, 0.2) is 24.5 Å². The first-order valence-electron chi connectivity index (χ1n) is 7.64. The molecule has 1 fully saturated rings. The van der Waals surface area contributed by atoms with Gasteiger partial charge in [-0.05, 0) is 43.5 Å². The van der Waals surface area contributed by atoms with E-state index in [1.165, 1.54) is 10.9 Å². The minimum Gasteiger partial charge on any atom is -0.346 e. The second-order valence-corrected chi connectivity index (χ2v) is 5.65. The van der Waals surface area contributed by atoms with Gasteiger partial charge in [0.25, 0.3) is 0 Å². The topological polar surface area (TPSA) is 61.0 Å². The third-order valence-electron chi connectivity index (χ3n) is 4.36. The molecule has 2 aromatic heterocycles. The smallest absolute Gasteiger partial charge is 0.223 e. The van der Waals surface area contributed by atoms with E-state index in [1.54, 1.807) is 0 Å². The highest BCUT2D eigenvalue weighted by Gasteiger charge is 2.25. The number of likely N-dealkylation sites (tertiary alicyclic amines) is 1. The number of pyridine rings is 1. The highest BCUT2D eigenvalue weighted by molar-refractivity contribution is 5.80. The quantitative estimate of drug-likeness (QED) is 0.902. The second kappa shape index (κ2) is 6.26. The van der Waals surface area contributed by atoms with Gasteiger partial charge in [0.2, 0.25) is 5.91 Å². The van der Waals surface area contributed by atoms with Gasteiger partial charge in [-0.3, -0.25) is 4.79 Å². The molecule has 21 heavy (non-hydrogen) atoms. The molecule has 5 heteroatoms. The number of carbonyl (C=O) groups is 1. The molecule has 1 aliphatic rings. The molecular weight excluding hydrogens is 264 g/mol. The van der Waals surface area contributed by atoms with Crippen LogP contribution >= 0.6 is 0 Å². The Morgan fingerprint density at radius 2 is 2.29 bits per heavy atom. The van der Waals surface area contributed by atoms with Crippen LogP contribution in [0.25, 0.3) is 11.0 Å². The summed E-state index contributed by atoms with van der Waals surface area (Å²) < 4.78 is 0. The van der Waals surface area contributed by atoms with E-state index in [2.05, 4.69) is 27.5 Å². The Labute approximate surface area is 124 Å². The number of H-pyrrole nitrogens is 1. The Balaban J connectivity index is 1.64. The molecule has 0 saturated carbocycles. The van der Waals surface area contributed by atoms with Gasteiger partial charge in [0, 0.05) is 43.8 Å². The van der Waals surface area contributed by atoms with Gasteiger partial charge >= 0.3 is 0 Å². The van der Waals surface area contributed by atoms with Crippen molar-refractivity contribution in [1.82, 2.24) is 20.2 Å². The van der Waals surface area contributed by atoms with E-state index in [0.717, 1.165) is 38.1 Å². The third-order valence-corrected chi connectivity index (χ3v) is 4.36. The number of rotatable bonds is 4. The Morgan fingerprint density at radius 3 is 3.05 bits per heavy atom. The van der Waals surface area contributed by atoms with Gasteiger partial charge < -0.3 is 15.2 Å². The largest absolute Gasteiger partial charge is 0.346 e. The number of aromatic amines is 1. The van der Waals surface area contributed by atoms with Gasteiger partial charge in [-0.25, -0.2) is 4.98 Å². The lowest BCUT2D eigenvalue weighted by Gasteiger charge is -2.32. The maximum atomic E-state index is 12.0. The Morgan fingerprint density at radius 1 is 1.48 bits per heavy atom. The van der Waals surface area contributed by atoms with Gasteiger partial charge in [0.1, 0.15) is 5.65 Å². The van der Waals surface area contributed by atoms with Crippen molar-refractivity contribution in [3.05, 3.63) is 30.1 Å². The number of hydrogen-bond donors (Lipinski definition) is 2. The summed E-state index contributed by atoms with van der Waals surface area (Å²) in [7, 11) is 1.88. The Hall–Kier alpha value is -1.88. The number of hydrogen-bond acceptors (Lipinski definition) is 3. The van der Waals surface area contributed by atoms with Gasteiger partial charge in [0.05, 0.1) is 0 Å². The molecule has 3 heterocycles. The Bertz CT molecular complexity index is 614. The van der Waals surface area contributed by atoms with E-state index >= 15 is 0 Å². The molecule has 1 saturated heterocycles. The maximum Gasteiger partial charge on any atom is 0.223 e. The van der Waals surface area contributed by atoms with Crippen LogP contribution in [0.4, 0.5) is 0 Å². The number of fused-ring (bicyclic) bond motifs is 1. The lowest BCUT2D eigenvalue weighted by Crippen LogP contribution is -2.38. The molecule has 2 aromatic rings. The first kappa shape index (κ1) is 14.1. The zero-order chi connectivity index (χ0) is 14.7. The summed E-state index contributed by atoms with van der Waals surface area (Å²) >= 11 is 0. The van der Waals surface area contributed by atoms with Crippen LogP contribution in [0.2, 0.25) is 0 Å². The number of nitrogens with one attached hydrogen (secondary N) is 2. The van der Waals surface area contributed by atoms with Crippen LogP contribution in [0.5, 0.6) is 0 Å². The van der Waals surface area contributed by atoms with Gasteiger partial charge in [-0.1, -0.05) is 0 Å². The molecule has 2 N–H and O–H groups in total. The summed E-state index contributed by atoms with van der Waals surface area (Å²) in [5, 5.41) is 4.25. The van der Waals surface area contributed by atoms with E-state index in [4.69, 9.17) is 0 Å². The van der Waals surface area contributed by atoms with Crippen LogP contribution in [0.1, 0.15) is 30.7 Å². The van der Waals surface area contributed by atoms with Crippen LogP contribution in [-0.2, 0) is 4.79 Å². The number of carbonyl (C=O) groups excluding carboxylic acids is 1. The average molecular weight is 286 g/mol. The summed E-state index contributed by atoms with van der Waals surface area (Å²) in [5.41, 5.74) is 2.31. The first-order chi connectivity index (χ1) is 10.3. The number of aromatic nitrogens is 2. The van der Waals surface area contributed by atoms with Crippen LogP contribution in [-0.4, -0.2) is 47.5 Å². The molecule has 0 radical (unpaired) electrons. The number of amides is 1. The van der Waals surface area contributed by atoms with Crippen molar-refractivity contribution in [1.29, 1.82) is 0 Å². The molecule has 1 amide bonds. The maximum absolute atomic E-state index is 12.0. The summed E-state index contributed by atoms with van der Waals surface area (Å²) in [6, 6.07) is 4.11. The van der Waals surface area contributed by atoms with E-state index in [9.17, 15) is 4.79 Å². The molecule has 1 aliphatic heterocycles. The fraction of sp³-hybridized carbons (Fsp3) is 0.500. The van der Waals surface area contributed by atoms with Crippen LogP contribution < -0.4 is 5.32 Å². The molecular formula is C16H22N4O. The molecule has 0 spiro atoms. The van der Waals surface area contributed by atoms with E-state index in [0.29, 0.717) is 12.3 Å². The van der Waals surface area contributed by atoms with Crippen molar-refractivity contribution in [2.75, 3.05) is 26.7 Å². The molecule has 5 nitrogen and oxygen atoms in total. The van der Waals surface area contributed by atoms with Crippen LogP contribution in [0.3, 0.4) is 0 Å². The molecule has 3 rings (SSSR count). The highest BCUT2D eigenvalue weighted by atomic mass is 16.2. The number of nitrogens with zero attached hydrogens (tertiary/aromatic N) is 2. The van der Waals surface area contributed by atoms with Gasteiger partial charge in [-0.15, -0.1) is 0 Å².